The highest BCUT2D eigenvalue weighted by Gasteiger charge is 2.35. The minimum absolute atomic E-state index is 0.115. The van der Waals surface area contributed by atoms with Crippen molar-refractivity contribution in [2.24, 2.45) is 5.92 Å². The van der Waals surface area contributed by atoms with Crippen LogP contribution in [0.1, 0.15) is 47.0 Å². The average molecular weight is 226 g/mol. The van der Waals surface area contributed by atoms with Gasteiger partial charge in [-0.1, -0.05) is 27.2 Å². The Morgan fingerprint density at radius 2 is 2.00 bits per heavy atom. The largest absolute Gasteiger partial charge is 0.315 e. The zero-order valence-electron chi connectivity index (χ0n) is 11.0. The van der Waals surface area contributed by atoms with E-state index in [1.807, 2.05) is 6.92 Å². The van der Waals surface area contributed by atoms with Crippen molar-refractivity contribution in [2.75, 3.05) is 6.54 Å². The highest BCUT2D eigenvalue weighted by molar-refractivity contribution is 5.88. The van der Waals surface area contributed by atoms with E-state index in [0.717, 1.165) is 25.8 Å². The topological polar surface area (TPSA) is 41.1 Å². The average Bonchev–Trinajstić information content (AvgIpc) is 2.45. The summed E-state index contributed by atoms with van der Waals surface area (Å²) in [6, 6.07) is 1.03. The van der Waals surface area contributed by atoms with E-state index in [4.69, 9.17) is 0 Å². The van der Waals surface area contributed by atoms with Gasteiger partial charge in [-0.25, -0.2) is 0 Å². The van der Waals surface area contributed by atoms with Gasteiger partial charge in [-0.2, -0.15) is 0 Å². The summed E-state index contributed by atoms with van der Waals surface area (Å²) in [5.41, 5.74) is 0. The predicted molar refractivity (Wildman–Crippen MR) is 67.5 cm³/mol. The molecular formula is C13H26N2O. The number of hydrogen-bond acceptors (Lipinski definition) is 3. The fourth-order valence-corrected chi connectivity index (χ4v) is 2.20. The normalized spacial score (nSPS) is 30.3. The molecule has 1 saturated heterocycles. The first-order valence-corrected chi connectivity index (χ1v) is 6.55. The van der Waals surface area contributed by atoms with Crippen molar-refractivity contribution in [2.45, 2.75) is 65.1 Å². The first-order valence-electron chi connectivity index (χ1n) is 6.55. The first-order chi connectivity index (χ1) is 7.52. The molecule has 1 aliphatic rings. The fourth-order valence-electron chi connectivity index (χ4n) is 2.20. The molecule has 3 heteroatoms. The van der Waals surface area contributed by atoms with Crippen LogP contribution in [-0.4, -0.2) is 30.5 Å². The second-order valence-electron chi connectivity index (χ2n) is 5.30. The van der Waals surface area contributed by atoms with Crippen LogP contribution >= 0.6 is 0 Å². The molecule has 0 aromatic carbocycles. The highest BCUT2D eigenvalue weighted by Crippen LogP contribution is 2.19. The Kier molecular flexibility index (Phi) is 5.42. The molecule has 1 heterocycles. The number of carbonyl (C=O) groups is 1. The lowest BCUT2D eigenvalue weighted by atomic mass is 9.99. The second-order valence-corrected chi connectivity index (χ2v) is 5.30. The van der Waals surface area contributed by atoms with Gasteiger partial charge in [0.2, 0.25) is 0 Å². The van der Waals surface area contributed by atoms with Gasteiger partial charge in [-0.15, -0.1) is 0 Å². The van der Waals surface area contributed by atoms with Crippen LogP contribution in [0.4, 0.5) is 0 Å². The number of rotatable bonds is 6. The van der Waals surface area contributed by atoms with Crippen molar-refractivity contribution in [3.63, 3.8) is 0 Å². The number of Topliss-reactive ketones (excluding diaryl/α,β-unsaturated/α-hetero) is 1. The van der Waals surface area contributed by atoms with Gasteiger partial charge < -0.3 is 10.6 Å². The molecule has 1 aliphatic heterocycles. The van der Waals surface area contributed by atoms with Crippen molar-refractivity contribution in [1.29, 1.82) is 0 Å². The van der Waals surface area contributed by atoms with Crippen LogP contribution in [0, 0.1) is 5.92 Å². The van der Waals surface area contributed by atoms with Crippen LogP contribution in [0.2, 0.25) is 0 Å². The third-order valence-electron chi connectivity index (χ3n) is 3.48. The van der Waals surface area contributed by atoms with Crippen LogP contribution < -0.4 is 10.6 Å². The quantitative estimate of drug-likeness (QED) is 0.678. The van der Waals surface area contributed by atoms with Crippen molar-refractivity contribution >= 4 is 5.78 Å². The smallest absolute Gasteiger partial charge is 0.154 e. The van der Waals surface area contributed by atoms with Gasteiger partial charge in [-0.3, -0.25) is 4.79 Å². The molecule has 3 nitrogen and oxygen atoms in total. The van der Waals surface area contributed by atoms with E-state index < -0.39 is 0 Å². The summed E-state index contributed by atoms with van der Waals surface area (Å²) in [7, 11) is 0. The molecule has 0 amide bonds. The molecule has 0 aromatic rings. The van der Waals surface area contributed by atoms with Crippen LogP contribution in [0.3, 0.4) is 0 Å². The highest BCUT2D eigenvalue weighted by atomic mass is 16.1. The summed E-state index contributed by atoms with van der Waals surface area (Å²) in [6.07, 6.45) is 3.28. The Bertz CT molecular complexity index is 228. The Hall–Kier alpha value is -0.410. The molecule has 0 saturated carbocycles. The maximum atomic E-state index is 11.8. The molecule has 1 fully saturated rings. The molecule has 2 N–H and O–H groups in total. The Morgan fingerprint density at radius 1 is 1.31 bits per heavy atom. The maximum Gasteiger partial charge on any atom is 0.154 e. The van der Waals surface area contributed by atoms with E-state index in [1.165, 1.54) is 0 Å². The fraction of sp³-hybridized carbons (Fsp3) is 0.923. The third kappa shape index (κ3) is 3.87. The van der Waals surface area contributed by atoms with Gasteiger partial charge >= 0.3 is 0 Å². The number of ketones is 1. The molecule has 16 heavy (non-hydrogen) atoms. The molecule has 0 aliphatic carbocycles. The lowest BCUT2D eigenvalue weighted by Gasteiger charge is -2.11. The minimum Gasteiger partial charge on any atom is -0.315 e. The molecule has 1 rings (SSSR count). The lowest BCUT2D eigenvalue weighted by molar-refractivity contribution is -0.121. The summed E-state index contributed by atoms with van der Waals surface area (Å²) < 4.78 is 0. The van der Waals surface area contributed by atoms with Gasteiger partial charge in [0.05, 0.1) is 6.04 Å². The van der Waals surface area contributed by atoms with Gasteiger partial charge in [0, 0.05) is 18.0 Å². The lowest BCUT2D eigenvalue weighted by Crippen LogP contribution is -2.30. The number of unbranched alkanes of at least 4 members (excludes halogenated alkanes) is 1. The van der Waals surface area contributed by atoms with Gasteiger partial charge in [0.15, 0.2) is 5.78 Å². The zero-order chi connectivity index (χ0) is 12.1. The van der Waals surface area contributed by atoms with Crippen molar-refractivity contribution < 1.29 is 4.79 Å². The third-order valence-corrected chi connectivity index (χ3v) is 3.48. The Labute approximate surface area is 99.4 Å². The molecule has 0 bridgehead atoms. The molecule has 0 aromatic heterocycles. The minimum atomic E-state index is 0.115. The van der Waals surface area contributed by atoms with E-state index in [-0.39, 0.29) is 12.0 Å². The summed E-state index contributed by atoms with van der Waals surface area (Å²) in [5, 5.41) is 6.78. The first kappa shape index (κ1) is 13.7. The number of carbonyl (C=O) groups excluding carboxylic acids is 1. The van der Waals surface area contributed by atoms with Crippen molar-refractivity contribution in [3.8, 4) is 0 Å². The van der Waals surface area contributed by atoms with E-state index >= 15 is 0 Å². The van der Waals surface area contributed by atoms with E-state index in [9.17, 15) is 4.79 Å². The van der Waals surface area contributed by atoms with Crippen LogP contribution in [-0.2, 0) is 4.79 Å². The predicted octanol–water partition coefficient (Wildman–Crippen LogP) is 1.72. The Balaban J connectivity index is 2.12. The van der Waals surface area contributed by atoms with Crippen LogP contribution in [0.25, 0.3) is 0 Å². The molecule has 2 unspecified atom stereocenters. The zero-order valence-corrected chi connectivity index (χ0v) is 11.0. The van der Waals surface area contributed by atoms with Gasteiger partial charge in [-0.05, 0) is 26.3 Å². The SMILES string of the molecule is CC(C)NCCCCC1N[C@H](C)C(C)C1=O. The van der Waals surface area contributed by atoms with Gasteiger partial charge in [0.1, 0.15) is 0 Å². The molecular weight excluding hydrogens is 200 g/mol. The van der Waals surface area contributed by atoms with Crippen LogP contribution in [0.15, 0.2) is 0 Å². The summed E-state index contributed by atoms with van der Waals surface area (Å²) in [6.45, 7) is 9.50. The summed E-state index contributed by atoms with van der Waals surface area (Å²) >= 11 is 0. The van der Waals surface area contributed by atoms with E-state index in [1.54, 1.807) is 0 Å². The molecule has 0 radical (unpaired) electrons. The number of hydrogen-bond donors (Lipinski definition) is 2. The van der Waals surface area contributed by atoms with Gasteiger partial charge in [0.25, 0.3) is 0 Å². The monoisotopic (exact) mass is 226 g/mol. The van der Waals surface area contributed by atoms with Crippen molar-refractivity contribution in [1.82, 2.24) is 10.6 Å². The molecule has 3 atom stereocenters. The number of nitrogens with one attached hydrogen (secondary N) is 2. The second kappa shape index (κ2) is 6.36. The maximum absolute atomic E-state index is 11.8. The summed E-state index contributed by atoms with van der Waals surface area (Å²) in [5.74, 6) is 0.600. The molecule has 0 spiro atoms. The van der Waals surface area contributed by atoms with Crippen molar-refractivity contribution in [3.05, 3.63) is 0 Å². The van der Waals surface area contributed by atoms with E-state index in [2.05, 4.69) is 31.4 Å². The Morgan fingerprint density at radius 3 is 2.50 bits per heavy atom. The van der Waals surface area contributed by atoms with Crippen LogP contribution in [0.5, 0.6) is 0 Å². The van der Waals surface area contributed by atoms with E-state index in [0.29, 0.717) is 17.9 Å². The standard InChI is InChI=1S/C13H26N2O/c1-9(2)14-8-6-5-7-12-13(16)10(3)11(4)15-12/h9-12,14-15H,5-8H2,1-4H3/t10?,11-,12?/m1/s1. The molecule has 94 valence electrons. The summed E-state index contributed by atoms with van der Waals surface area (Å²) in [4.78, 5) is 11.8.